The van der Waals surface area contributed by atoms with Crippen LogP contribution in [0.5, 0.6) is 0 Å². The molecule has 72 valence electrons. The highest BCUT2D eigenvalue weighted by molar-refractivity contribution is 9.11. The van der Waals surface area contributed by atoms with Gasteiger partial charge in [0.25, 0.3) is 6.43 Å². The number of hydrogen-bond donors (Lipinski definition) is 1. The topological polar surface area (TPSA) is 38.9 Å². The van der Waals surface area contributed by atoms with Gasteiger partial charge in [0.05, 0.1) is 0 Å². The van der Waals surface area contributed by atoms with Gasteiger partial charge >= 0.3 is 0 Å². The molecule has 1 aromatic rings. The first-order chi connectivity index (χ1) is 6.06. The molecule has 1 heterocycles. The molecule has 0 aliphatic heterocycles. The Morgan fingerprint density at radius 2 is 2.08 bits per heavy atom. The molecule has 0 saturated carbocycles. The number of pyridine rings is 1. The second-order valence-corrected chi connectivity index (χ2v) is 3.96. The summed E-state index contributed by atoms with van der Waals surface area (Å²) in [6, 6.07) is 1.59. The zero-order valence-corrected chi connectivity index (χ0v) is 9.57. The fourth-order valence-electron chi connectivity index (χ4n) is 0.911. The Bertz CT molecular complexity index is 318. The number of hydrogen-bond acceptors (Lipinski definition) is 2. The number of alkyl halides is 2. The summed E-state index contributed by atoms with van der Waals surface area (Å²) < 4.78 is 25.7. The summed E-state index contributed by atoms with van der Waals surface area (Å²) in [4.78, 5) is 3.66. The van der Waals surface area contributed by atoms with Gasteiger partial charge in [-0.05, 0) is 22.0 Å². The molecule has 0 radical (unpaired) electrons. The molecule has 1 rings (SSSR count). The van der Waals surface area contributed by atoms with E-state index in [1.807, 2.05) is 0 Å². The van der Waals surface area contributed by atoms with E-state index in [4.69, 9.17) is 5.73 Å². The van der Waals surface area contributed by atoms with Gasteiger partial charge in [-0.25, -0.2) is 13.8 Å². The average molecular weight is 316 g/mol. The summed E-state index contributed by atoms with van der Waals surface area (Å²) in [5.41, 5.74) is 5.39. The fraction of sp³-hybridized carbons (Fsp3) is 0.286. The molecule has 0 aromatic carbocycles. The smallest absolute Gasteiger partial charge is 0.280 e. The second-order valence-electron chi connectivity index (χ2n) is 2.30. The molecule has 2 N–H and O–H groups in total. The molecule has 0 amide bonds. The number of aromatic nitrogens is 1. The summed E-state index contributed by atoms with van der Waals surface area (Å²) >= 11 is 6.17. The summed E-state index contributed by atoms with van der Waals surface area (Å²) in [6.07, 6.45) is -2.60. The van der Waals surface area contributed by atoms with E-state index in [9.17, 15) is 8.78 Å². The van der Waals surface area contributed by atoms with Gasteiger partial charge in [0, 0.05) is 16.6 Å². The molecule has 1 aromatic heterocycles. The largest absolute Gasteiger partial charge is 0.326 e. The van der Waals surface area contributed by atoms with E-state index >= 15 is 0 Å². The molecular weight excluding hydrogens is 310 g/mol. The lowest BCUT2D eigenvalue weighted by atomic mass is 10.2. The lowest BCUT2D eigenvalue weighted by Crippen LogP contribution is -2.05. The minimum atomic E-state index is -2.60. The second kappa shape index (κ2) is 4.43. The number of halogens is 4. The van der Waals surface area contributed by atoms with E-state index < -0.39 is 6.43 Å². The standard InChI is InChI=1S/C7H6Br2F2N2/c8-4-1-5(9)13-6(7(10)11)3(4)2-12/h1,7H,2,12H2. The zero-order valence-electron chi connectivity index (χ0n) is 6.40. The van der Waals surface area contributed by atoms with E-state index in [0.717, 1.165) is 0 Å². The molecular formula is C7H6Br2F2N2. The van der Waals surface area contributed by atoms with E-state index in [-0.39, 0.29) is 12.2 Å². The van der Waals surface area contributed by atoms with Crippen LogP contribution in [0.25, 0.3) is 0 Å². The molecule has 2 nitrogen and oxygen atoms in total. The van der Waals surface area contributed by atoms with Gasteiger partial charge in [-0.1, -0.05) is 15.9 Å². The number of rotatable bonds is 2. The predicted octanol–water partition coefficient (Wildman–Crippen LogP) is 3.00. The maximum Gasteiger partial charge on any atom is 0.280 e. The Morgan fingerprint density at radius 3 is 2.54 bits per heavy atom. The van der Waals surface area contributed by atoms with Crippen LogP contribution < -0.4 is 5.73 Å². The van der Waals surface area contributed by atoms with E-state index in [2.05, 4.69) is 36.8 Å². The summed E-state index contributed by atoms with van der Waals surface area (Å²) in [6.45, 7) is 0.0422. The van der Waals surface area contributed by atoms with Crippen LogP contribution in [0.3, 0.4) is 0 Å². The fourth-order valence-corrected chi connectivity index (χ4v) is 2.22. The third-order valence-corrected chi connectivity index (χ3v) is 2.60. The Hall–Kier alpha value is -0.0700. The Balaban J connectivity index is 3.29. The van der Waals surface area contributed by atoms with Gasteiger partial charge < -0.3 is 5.73 Å². The van der Waals surface area contributed by atoms with Crippen molar-refractivity contribution in [1.82, 2.24) is 4.98 Å². The van der Waals surface area contributed by atoms with Gasteiger partial charge in [0.15, 0.2) is 0 Å². The van der Waals surface area contributed by atoms with Gasteiger partial charge in [-0.3, -0.25) is 0 Å². The minimum absolute atomic E-state index is 0.0422. The molecule has 0 fully saturated rings. The average Bonchev–Trinajstić information content (AvgIpc) is 2.02. The van der Waals surface area contributed by atoms with Crippen LogP contribution in [0.15, 0.2) is 15.1 Å². The first kappa shape index (κ1) is 11.0. The van der Waals surface area contributed by atoms with Crippen LogP contribution in [0, 0.1) is 0 Å². The lowest BCUT2D eigenvalue weighted by Gasteiger charge is -2.08. The van der Waals surface area contributed by atoms with Crippen molar-refractivity contribution in [3.8, 4) is 0 Å². The van der Waals surface area contributed by atoms with Crippen LogP contribution in [0.1, 0.15) is 17.7 Å². The van der Waals surface area contributed by atoms with Crippen molar-refractivity contribution >= 4 is 31.9 Å². The Morgan fingerprint density at radius 1 is 1.46 bits per heavy atom. The molecule has 13 heavy (non-hydrogen) atoms. The predicted molar refractivity (Wildman–Crippen MR) is 52.5 cm³/mol. The highest BCUT2D eigenvalue weighted by Crippen LogP contribution is 2.28. The first-order valence-electron chi connectivity index (χ1n) is 3.39. The van der Waals surface area contributed by atoms with Crippen LogP contribution >= 0.6 is 31.9 Å². The molecule has 0 atom stereocenters. The van der Waals surface area contributed by atoms with Crippen LogP contribution in [-0.2, 0) is 6.54 Å². The van der Waals surface area contributed by atoms with Crippen molar-refractivity contribution < 1.29 is 8.78 Å². The van der Waals surface area contributed by atoms with Gasteiger partial charge in [0.1, 0.15) is 10.3 Å². The maximum atomic E-state index is 12.4. The van der Waals surface area contributed by atoms with Gasteiger partial charge in [-0.15, -0.1) is 0 Å². The molecule has 0 bridgehead atoms. The minimum Gasteiger partial charge on any atom is -0.326 e. The van der Waals surface area contributed by atoms with E-state index in [0.29, 0.717) is 14.6 Å². The Kier molecular flexibility index (Phi) is 3.75. The third kappa shape index (κ3) is 2.45. The molecule has 0 aliphatic carbocycles. The SMILES string of the molecule is NCc1c(Br)cc(Br)nc1C(F)F. The van der Waals surface area contributed by atoms with Crippen molar-refractivity contribution in [2.24, 2.45) is 5.73 Å². The van der Waals surface area contributed by atoms with Crippen molar-refractivity contribution in [3.63, 3.8) is 0 Å². The van der Waals surface area contributed by atoms with Gasteiger partial charge in [0.2, 0.25) is 0 Å². The van der Waals surface area contributed by atoms with Crippen molar-refractivity contribution in [2.45, 2.75) is 13.0 Å². The highest BCUT2D eigenvalue weighted by atomic mass is 79.9. The van der Waals surface area contributed by atoms with Crippen LogP contribution in [-0.4, -0.2) is 4.98 Å². The summed E-state index contributed by atoms with van der Waals surface area (Å²) in [5.74, 6) is 0. The van der Waals surface area contributed by atoms with E-state index in [1.54, 1.807) is 6.07 Å². The monoisotopic (exact) mass is 314 g/mol. The molecule has 0 spiro atoms. The summed E-state index contributed by atoms with van der Waals surface area (Å²) in [5, 5.41) is 0. The van der Waals surface area contributed by atoms with Crippen molar-refractivity contribution in [3.05, 3.63) is 26.4 Å². The third-order valence-electron chi connectivity index (χ3n) is 1.48. The maximum absolute atomic E-state index is 12.4. The normalized spacial score (nSPS) is 10.9. The number of nitrogens with two attached hydrogens (primary N) is 1. The van der Waals surface area contributed by atoms with Crippen molar-refractivity contribution in [1.29, 1.82) is 0 Å². The lowest BCUT2D eigenvalue weighted by molar-refractivity contribution is 0.144. The van der Waals surface area contributed by atoms with E-state index in [1.165, 1.54) is 0 Å². The highest BCUT2D eigenvalue weighted by Gasteiger charge is 2.17. The number of nitrogens with zero attached hydrogens (tertiary/aromatic N) is 1. The van der Waals surface area contributed by atoms with Crippen LogP contribution in [0.4, 0.5) is 8.78 Å². The zero-order chi connectivity index (χ0) is 10.0. The Labute approximate surface area is 90.8 Å². The first-order valence-corrected chi connectivity index (χ1v) is 4.98. The molecule has 0 saturated heterocycles. The molecule has 6 heteroatoms. The molecule has 0 aliphatic rings. The van der Waals surface area contributed by atoms with Crippen LogP contribution in [0.2, 0.25) is 0 Å². The van der Waals surface area contributed by atoms with Crippen molar-refractivity contribution in [2.75, 3.05) is 0 Å². The van der Waals surface area contributed by atoms with Gasteiger partial charge in [-0.2, -0.15) is 0 Å². The molecule has 0 unspecified atom stereocenters. The quantitative estimate of drug-likeness (QED) is 0.852. The summed E-state index contributed by atoms with van der Waals surface area (Å²) in [7, 11) is 0.